The van der Waals surface area contributed by atoms with Crippen LogP contribution in [0.3, 0.4) is 0 Å². The van der Waals surface area contributed by atoms with Crippen LogP contribution in [0.5, 0.6) is 11.5 Å². The van der Waals surface area contributed by atoms with Crippen LogP contribution in [0.15, 0.2) is 36.7 Å². The highest BCUT2D eigenvalue weighted by Crippen LogP contribution is 2.36. The third kappa shape index (κ3) is 4.01. The number of anilines is 2. The lowest BCUT2D eigenvalue weighted by Gasteiger charge is -2.24. The van der Waals surface area contributed by atoms with Gasteiger partial charge in [-0.1, -0.05) is 6.42 Å². The molecular formula is C22H24FN3O2. The van der Waals surface area contributed by atoms with E-state index in [9.17, 15) is 4.39 Å². The molecule has 146 valence electrons. The predicted molar refractivity (Wildman–Crippen MR) is 108 cm³/mol. The van der Waals surface area contributed by atoms with Crippen molar-refractivity contribution in [2.75, 3.05) is 12.4 Å². The molecule has 1 aromatic heterocycles. The second-order valence-electron chi connectivity index (χ2n) is 7.26. The molecule has 28 heavy (non-hydrogen) atoms. The lowest BCUT2D eigenvalue weighted by molar-refractivity contribution is 0.150. The number of methoxy groups -OCH3 is 1. The molecule has 1 aliphatic carbocycles. The van der Waals surface area contributed by atoms with E-state index in [0.717, 1.165) is 29.3 Å². The van der Waals surface area contributed by atoms with Gasteiger partial charge in [0.15, 0.2) is 11.5 Å². The first-order valence-electron chi connectivity index (χ1n) is 9.66. The number of rotatable bonds is 5. The largest absolute Gasteiger partial charge is 0.493 e. The average molecular weight is 381 g/mol. The summed E-state index contributed by atoms with van der Waals surface area (Å²) in [6.45, 7) is 1.85. The Bertz CT molecular complexity index is 967. The van der Waals surface area contributed by atoms with Crippen molar-refractivity contribution in [1.29, 1.82) is 0 Å². The maximum absolute atomic E-state index is 13.8. The van der Waals surface area contributed by atoms with Crippen molar-refractivity contribution in [1.82, 2.24) is 9.97 Å². The van der Waals surface area contributed by atoms with Crippen molar-refractivity contribution in [3.8, 4) is 11.5 Å². The van der Waals surface area contributed by atoms with Gasteiger partial charge in [-0.05, 0) is 62.4 Å². The Morgan fingerprint density at radius 2 is 1.82 bits per heavy atom. The normalized spacial score (nSPS) is 14.8. The molecule has 1 saturated carbocycles. The Labute approximate surface area is 163 Å². The Balaban J connectivity index is 1.71. The van der Waals surface area contributed by atoms with Gasteiger partial charge in [0.1, 0.15) is 18.0 Å². The van der Waals surface area contributed by atoms with E-state index in [1.165, 1.54) is 37.7 Å². The number of aromatic nitrogens is 2. The lowest BCUT2D eigenvalue weighted by atomic mass is 9.98. The van der Waals surface area contributed by atoms with Crippen LogP contribution in [0.25, 0.3) is 10.9 Å². The number of fused-ring (bicyclic) bond motifs is 1. The van der Waals surface area contributed by atoms with Gasteiger partial charge in [0.25, 0.3) is 0 Å². The van der Waals surface area contributed by atoms with Crippen molar-refractivity contribution >= 4 is 22.4 Å². The van der Waals surface area contributed by atoms with Crippen molar-refractivity contribution in [2.24, 2.45) is 0 Å². The van der Waals surface area contributed by atoms with Gasteiger partial charge in [0.05, 0.1) is 18.7 Å². The van der Waals surface area contributed by atoms with Crippen molar-refractivity contribution < 1.29 is 13.9 Å². The van der Waals surface area contributed by atoms with Crippen LogP contribution in [-0.2, 0) is 0 Å². The lowest BCUT2D eigenvalue weighted by Crippen LogP contribution is -2.19. The van der Waals surface area contributed by atoms with Gasteiger partial charge < -0.3 is 14.8 Å². The summed E-state index contributed by atoms with van der Waals surface area (Å²) in [7, 11) is 1.63. The molecule has 0 bridgehead atoms. The molecule has 0 saturated heterocycles. The van der Waals surface area contributed by atoms with E-state index < -0.39 is 0 Å². The summed E-state index contributed by atoms with van der Waals surface area (Å²) in [5.41, 5.74) is 2.21. The van der Waals surface area contributed by atoms with Gasteiger partial charge in [0.2, 0.25) is 0 Å². The number of aryl methyl sites for hydroxylation is 1. The highest BCUT2D eigenvalue weighted by molar-refractivity contribution is 5.93. The zero-order chi connectivity index (χ0) is 19.5. The standard InChI is InChI=1S/C22H24FN3O2/c1-14-8-15(23)10-16(9-14)26-22-18-11-21(28-17-6-4-3-5-7-17)20(27-2)12-19(18)24-13-25-22/h8-13,17H,3-7H2,1-2H3,(H,24,25,26). The van der Waals surface area contributed by atoms with E-state index in [-0.39, 0.29) is 11.9 Å². The quantitative estimate of drug-likeness (QED) is 0.629. The summed E-state index contributed by atoms with van der Waals surface area (Å²) in [5.74, 6) is 1.66. The molecule has 0 atom stereocenters. The molecule has 5 nitrogen and oxygen atoms in total. The van der Waals surface area contributed by atoms with Gasteiger partial charge in [0, 0.05) is 17.1 Å². The number of nitrogens with zero attached hydrogens (tertiary/aromatic N) is 2. The van der Waals surface area contributed by atoms with E-state index in [1.807, 2.05) is 25.1 Å². The van der Waals surface area contributed by atoms with E-state index in [2.05, 4.69) is 15.3 Å². The molecule has 1 N–H and O–H groups in total. The molecule has 0 aliphatic heterocycles. The second kappa shape index (κ2) is 8.00. The third-order valence-corrected chi connectivity index (χ3v) is 5.07. The maximum Gasteiger partial charge on any atom is 0.162 e. The summed E-state index contributed by atoms with van der Waals surface area (Å²) in [5, 5.41) is 4.01. The highest BCUT2D eigenvalue weighted by Gasteiger charge is 2.18. The number of benzene rings is 2. The minimum atomic E-state index is -0.288. The summed E-state index contributed by atoms with van der Waals surface area (Å²) in [4.78, 5) is 8.72. The molecule has 0 spiro atoms. The van der Waals surface area contributed by atoms with Crippen LogP contribution < -0.4 is 14.8 Å². The SMILES string of the molecule is COc1cc2ncnc(Nc3cc(C)cc(F)c3)c2cc1OC1CCCCC1. The van der Waals surface area contributed by atoms with E-state index in [0.29, 0.717) is 23.0 Å². The van der Waals surface area contributed by atoms with Crippen molar-refractivity contribution in [2.45, 2.75) is 45.1 Å². The van der Waals surface area contributed by atoms with Crippen molar-refractivity contribution in [3.05, 3.63) is 48.0 Å². The Kier molecular flexibility index (Phi) is 5.28. The number of nitrogens with one attached hydrogen (secondary N) is 1. The first-order valence-corrected chi connectivity index (χ1v) is 9.66. The minimum Gasteiger partial charge on any atom is -0.493 e. The molecule has 0 unspecified atom stereocenters. The van der Waals surface area contributed by atoms with Gasteiger partial charge in [-0.25, -0.2) is 14.4 Å². The molecule has 4 rings (SSSR count). The second-order valence-corrected chi connectivity index (χ2v) is 7.26. The minimum absolute atomic E-state index is 0.201. The number of hydrogen-bond acceptors (Lipinski definition) is 5. The van der Waals surface area contributed by atoms with Crippen LogP contribution in [0.4, 0.5) is 15.9 Å². The van der Waals surface area contributed by atoms with E-state index in [1.54, 1.807) is 7.11 Å². The molecule has 0 amide bonds. The monoisotopic (exact) mass is 381 g/mol. The van der Waals surface area contributed by atoms with Gasteiger partial charge in [-0.3, -0.25) is 0 Å². The Morgan fingerprint density at radius 1 is 1.00 bits per heavy atom. The van der Waals surface area contributed by atoms with Gasteiger partial charge in [-0.2, -0.15) is 0 Å². The molecule has 1 fully saturated rings. The maximum atomic E-state index is 13.8. The third-order valence-electron chi connectivity index (χ3n) is 5.07. The first-order chi connectivity index (χ1) is 13.6. The van der Waals surface area contributed by atoms with Crippen molar-refractivity contribution in [3.63, 3.8) is 0 Å². The van der Waals surface area contributed by atoms with Gasteiger partial charge in [-0.15, -0.1) is 0 Å². The molecule has 6 heteroatoms. The zero-order valence-electron chi connectivity index (χ0n) is 16.2. The van der Waals surface area contributed by atoms with Crippen LogP contribution in [-0.4, -0.2) is 23.2 Å². The molecule has 1 heterocycles. The highest BCUT2D eigenvalue weighted by atomic mass is 19.1. The number of hydrogen-bond donors (Lipinski definition) is 1. The summed E-state index contributed by atoms with van der Waals surface area (Å²) >= 11 is 0. The fraction of sp³-hybridized carbons (Fsp3) is 0.364. The molecular weight excluding hydrogens is 357 g/mol. The fourth-order valence-electron chi connectivity index (χ4n) is 3.72. The zero-order valence-corrected chi connectivity index (χ0v) is 16.2. The Hall–Kier alpha value is -2.89. The predicted octanol–water partition coefficient (Wildman–Crippen LogP) is 5.54. The van der Waals surface area contributed by atoms with E-state index in [4.69, 9.17) is 9.47 Å². The number of halogens is 1. The first kappa shape index (κ1) is 18.5. The van der Waals surface area contributed by atoms with E-state index >= 15 is 0 Å². The average Bonchev–Trinajstić information content (AvgIpc) is 2.68. The van der Waals surface area contributed by atoms with Crippen LogP contribution in [0.2, 0.25) is 0 Å². The molecule has 1 aliphatic rings. The molecule has 0 radical (unpaired) electrons. The van der Waals surface area contributed by atoms with Gasteiger partial charge >= 0.3 is 0 Å². The van der Waals surface area contributed by atoms with Crippen LogP contribution >= 0.6 is 0 Å². The summed E-state index contributed by atoms with van der Waals surface area (Å²) in [6.07, 6.45) is 7.44. The number of ether oxygens (including phenoxy) is 2. The molecule has 3 aromatic rings. The van der Waals surface area contributed by atoms with Crippen LogP contribution in [0, 0.1) is 12.7 Å². The summed E-state index contributed by atoms with van der Waals surface area (Å²) in [6, 6.07) is 8.59. The van der Waals surface area contributed by atoms with Crippen LogP contribution in [0.1, 0.15) is 37.7 Å². The smallest absolute Gasteiger partial charge is 0.162 e. The Morgan fingerprint density at radius 3 is 2.57 bits per heavy atom. The fourth-order valence-corrected chi connectivity index (χ4v) is 3.72. The topological polar surface area (TPSA) is 56.3 Å². The molecule has 2 aromatic carbocycles. The summed E-state index contributed by atoms with van der Waals surface area (Å²) < 4.78 is 25.5.